The quantitative estimate of drug-likeness (QED) is 0.871. The minimum atomic E-state index is 0.481. The van der Waals surface area contributed by atoms with Gasteiger partial charge in [-0.05, 0) is 70.9 Å². The molecule has 0 unspecified atom stereocenters. The van der Waals surface area contributed by atoms with Gasteiger partial charge in [-0.15, -0.1) is 0 Å². The molecule has 0 saturated carbocycles. The summed E-state index contributed by atoms with van der Waals surface area (Å²) in [5.74, 6) is 1.91. The summed E-state index contributed by atoms with van der Waals surface area (Å²) in [6.45, 7) is 8.98. The van der Waals surface area contributed by atoms with Crippen LogP contribution in [0.1, 0.15) is 32.3 Å². The molecule has 2 heterocycles. The summed E-state index contributed by atoms with van der Waals surface area (Å²) in [7, 11) is 4.15. The highest BCUT2D eigenvalue weighted by Gasteiger charge is 2.18. The van der Waals surface area contributed by atoms with Crippen molar-refractivity contribution in [2.75, 3.05) is 38.6 Å². The van der Waals surface area contributed by atoms with E-state index in [2.05, 4.69) is 53.1 Å². The Morgan fingerprint density at radius 2 is 2.05 bits per heavy atom. The molecule has 0 amide bonds. The van der Waals surface area contributed by atoms with Crippen molar-refractivity contribution in [1.82, 2.24) is 15.2 Å². The topological polar surface area (TPSA) is 31.4 Å². The van der Waals surface area contributed by atoms with Gasteiger partial charge in [0.2, 0.25) is 0 Å². The van der Waals surface area contributed by atoms with Gasteiger partial charge in [0.15, 0.2) is 0 Å². The number of nitrogens with zero attached hydrogens (tertiary/aromatic N) is 3. The van der Waals surface area contributed by atoms with Crippen LogP contribution in [0.3, 0.4) is 0 Å². The van der Waals surface area contributed by atoms with E-state index >= 15 is 0 Å². The molecule has 0 aliphatic carbocycles. The van der Waals surface area contributed by atoms with Crippen LogP contribution in [-0.4, -0.2) is 49.7 Å². The van der Waals surface area contributed by atoms with Gasteiger partial charge in [-0.25, -0.2) is 4.98 Å². The third-order valence-electron chi connectivity index (χ3n) is 4.55. The van der Waals surface area contributed by atoms with Crippen molar-refractivity contribution in [2.45, 2.75) is 39.3 Å². The molecule has 0 spiro atoms. The zero-order valence-electron chi connectivity index (χ0n) is 14.0. The molecule has 118 valence electrons. The monoisotopic (exact) mass is 290 g/mol. The fourth-order valence-corrected chi connectivity index (χ4v) is 2.88. The molecule has 0 atom stereocenters. The Hall–Kier alpha value is -1.13. The van der Waals surface area contributed by atoms with Gasteiger partial charge in [-0.2, -0.15) is 0 Å². The van der Waals surface area contributed by atoms with Crippen LogP contribution in [0.15, 0.2) is 18.3 Å². The fraction of sp³-hybridized carbons (Fsp3) is 0.706. The lowest BCUT2D eigenvalue weighted by Crippen LogP contribution is -2.36. The van der Waals surface area contributed by atoms with E-state index in [0.717, 1.165) is 24.8 Å². The van der Waals surface area contributed by atoms with E-state index in [-0.39, 0.29) is 0 Å². The van der Waals surface area contributed by atoms with Crippen molar-refractivity contribution >= 4 is 5.82 Å². The van der Waals surface area contributed by atoms with E-state index in [1.54, 1.807) is 0 Å². The second-order valence-electron chi connectivity index (χ2n) is 6.51. The summed E-state index contributed by atoms with van der Waals surface area (Å²) in [5, 5.41) is 3.29. The predicted molar refractivity (Wildman–Crippen MR) is 89.7 cm³/mol. The van der Waals surface area contributed by atoms with E-state index in [9.17, 15) is 0 Å². The van der Waals surface area contributed by atoms with Crippen molar-refractivity contribution in [1.29, 1.82) is 0 Å². The normalized spacial score (nSPS) is 17.4. The smallest absolute Gasteiger partial charge is 0.128 e. The number of rotatable bonds is 6. The van der Waals surface area contributed by atoms with Crippen LogP contribution in [0.4, 0.5) is 5.82 Å². The van der Waals surface area contributed by atoms with Gasteiger partial charge in [0.25, 0.3) is 0 Å². The average Bonchev–Trinajstić information content (AvgIpc) is 2.49. The Morgan fingerprint density at radius 1 is 1.33 bits per heavy atom. The van der Waals surface area contributed by atoms with Crippen LogP contribution in [0.25, 0.3) is 0 Å². The van der Waals surface area contributed by atoms with Gasteiger partial charge < -0.3 is 10.2 Å². The molecule has 4 heteroatoms. The molecule has 1 aliphatic heterocycles. The number of anilines is 1. The Bertz CT molecular complexity index is 407. The minimum absolute atomic E-state index is 0.481. The zero-order chi connectivity index (χ0) is 15.2. The lowest BCUT2D eigenvalue weighted by atomic mass is 9.96. The van der Waals surface area contributed by atoms with Crippen molar-refractivity contribution in [3.8, 4) is 0 Å². The van der Waals surface area contributed by atoms with Gasteiger partial charge in [0.05, 0.1) is 0 Å². The molecule has 21 heavy (non-hydrogen) atoms. The first-order valence-corrected chi connectivity index (χ1v) is 8.15. The number of nitrogens with one attached hydrogen (secondary N) is 1. The van der Waals surface area contributed by atoms with Crippen LogP contribution >= 0.6 is 0 Å². The van der Waals surface area contributed by atoms with E-state index in [4.69, 9.17) is 0 Å². The van der Waals surface area contributed by atoms with E-state index in [1.165, 1.54) is 31.5 Å². The number of pyridine rings is 1. The first-order chi connectivity index (χ1) is 10.1. The maximum Gasteiger partial charge on any atom is 0.128 e. The molecule has 0 radical (unpaired) electrons. The summed E-state index contributed by atoms with van der Waals surface area (Å²) < 4.78 is 0. The van der Waals surface area contributed by atoms with Crippen molar-refractivity contribution in [3.05, 3.63) is 23.9 Å². The summed E-state index contributed by atoms with van der Waals surface area (Å²) in [6.07, 6.45) is 4.65. The highest BCUT2D eigenvalue weighted by atomic mass is 15.2. The number of piperidine rings is 1. The lowest BCUT2D eigenvalue weighted by Gasteiger charge is -2.32. The molecule has 1 saturated heterocycles. The second-order valence-corrected chi connectivity index (χ2v) is 6.51. The van der Waals surface area contributed by atoms with Crippen LogP contribution in [0.2, 0.25) is 0 Å². The maximum atomic E-state index is 4.60. The van der Waals surface area contributed by atoms with Crippen molar-refractivity contribution < 1.29 is 0 Å². The molecule has 0 aromatic carbocycles. The third-order valence-corrected chi connectivity index (χ3v) is 4.55. The van der Waals surface area contributed by atoms with E-state index in [0.29, 0.717) is 6.04 Å². The largest absolute Gasteiger partial charge is 0.357 e. The second kappa shape index (κ2) is 7.76. The molecule has 1 aliphatic rings. The van der Waals surface area contributed by atoms with Crippen molar-refractivity contribution in [2.24, 2.45) is 5.92 Å². The van der Waals surface area contributed by atoms with Crippen molar-refractivity contribution in [3.63, 3.8) is 0 Å². The number of likely N-dealkylation sites (tertiary alicyclic amines) is 1. The maximum absolute atomic E-state index is 4.60. The molecule has 2 rings (SSSR count). The molecule has 1 aromatic heterocycles. The molecule has 1 fully saturated rings. The first-order valence-electron chi connectivity index (χ1n) is 8.15. The van der Waals surface area contributed by atoms with Crippen LogP contribution in [0.5, 0.6) is 0 Å². The summed E-state index contributed by atoms with van der Waals surface area (Å²) >= 11 is 0. The van der Waals surface area contributed by atoms with Gasteiger partial charge in [0.1, 0.15) is 5.82 Å². The molecule has 1 aromatic rings. The Kier molecular flexibility index (Phi) is 6.00. The predicted octanol–water partition coefficient (Wildman–Crippen LogP) is 2.36. The fourth-order valence-electron chi connectivity index (χ4n) is 2.88. The standard InChI is InChI=1S/C17H30N4/c1-14(2)20(4)17-6-5-16(12-19-17)13-21-9-7-15(8-10-21)11-18-3/h5-6,12,14-15,18H,7-11,13H2,1-4H3. The van der Waals surface area contributed by atoms with Gasteiger partial charge in [-0.3, -0.25) is 4.90 Å². The molecule has 4 nitrogen and oxygen atoms in total. The van der Waals surface area contributed by atoms with Crippen LogP contribution < -0.4 is 10.2 Å². The number of hydrogen-bond acceptors (Lipinski definition) is 4. The van der Waals surface area contributed by atoms with Gasteiger partial charge in [-0.1, -0.05) is 6.07 Å². The number of hydrogen-bond donors (Lipinski definition) is 1. The third kappa shape index (κ3) is 4.68. The summed E-state index contributed by atoms with van der Waals surface area (Å²) in [6, 6.07) is 4.85. The SMILES string of the molecule is CNCC1CCN(Cc2ccc(N(C)C(C)C)nc2)CC1. The zero-order valence-corrected chi connectivity index (χ0v) is 14.0. The van der Waals surface area contributed by atoms with E-state index in [1.807, 2.05) is 13.2 Å². The highest BCUT2D eigenvalue weighted by molar-refractivity contribution is 5.39. The number of aromatic nitrogens is 1. The Morgan fingerprint density at radius 3 is 2.57 bits per heavy atom. The van der Waals surface area contributed by atoms with Crippen LogP contribution in [-0.2, 0) is 6.54 Å². The molecule has 0 bridgehead atoms. The van der Waals surface area contributed by atoms with Gasteiger partial charge >= 0.3 is 0 Å². The summed E-state index contributed by atoms with van der Waals surface area (Å²) in [4.78, 5) is 9.35. The van der Waals surface area contributed by atoms with Gasteiger partial charge in [0, 0.05) is 25.8 Å². The average molecular weight is 290 g/mol. The molecular formula is C17H30N4. The molecule has 1 N–H and O–H groups in total. The molecular weight excluding hydrogens is 260 g/mol. The minimum Gasteiger partial charge on any atom is -0.357 e. The highest BCUT2D eigenvalue weighted by Crippen LogP contribution is 2.19. The van der Waals surface area contributed by atoms with E-state index < -0.39 is 0 Å². The first kappa shape index (κ1) is 16.2. The lowest BCUT2D eigenvalue weighted by molar-refractivity contribution is 0.176. The Balaban J connectivity index is 1.84. The Labute approximate surface area is 129 Å². The van der Waals surface area contributed by atoms with Crippen LogP contribution in [0, 0.1) is 5.92 Å². The summed E-state index contributed by atoms with van der Waals surface area (Å²) in [5.41, 5.74) is 1.32.